The van der Waals surface area contributed by atoms with Gasteiger partial charge in [0.2, 0.25) is 6.41 Å². The fourth-order valence-electron chi connectivity index (χ4n) is 4.04. The van der Waals surface area contributed by atoms with E-state index in [1.54, 1.807) is 7.11 Å². The number of carbonyl (C=O) groups excluding carboxylic acids is 1. The molecule has 0 saturated carbocycles. The molecule has 1 atom stereocenters. The molecule has 1 aliphatic rings. The Morgan fingerprint density at radius 3 is 2.82 bits per heavy atom. The second kappa shape index (κ2) is 8.23. The minimum Gasteiger partial charge on any atom is -0.493 e. The zero-order valence-corrected chi connectivity index (χ0v) is 17.1. The van der Waals surface area contributed by atoms with Gasteiger partial charge in [-0.25, -0.2) is 0 Å². The fraction of sp³-hybridized carbons (Fsp3) is 0.348. The van der Waals surface area contributed by atoms with Crippen LogP contribution < -0.4 is 9.47 Å². The van der Waals surface area contributed by atoms with Gasteiger partial charge in [0.1, 0.15) is 0 Å². The molecule has 1 aliphatic heterocycles. The minimum atomic E-state index is 0.0663. The lowest BCUT2D eigenvalue weighted by atomic mass is 9.89. The summed E-state index contributed by atoms with van der Waals surface area (Å²) in [4.78, 5) is 15.0. The van der Waals surface area contributed by atoms with Gasteiger partial charge in [0, 0.05) is 16.1 Å². The van der Waals surface area contributed by atoms with E-state index in [-0.39, 0.29) is 6.04 Å². The second-order valence-corrected chi connectivity index (χ2v) is 8.20. The van der Waals surface area contributed by atoms with Crippen molar-refractivity contribution in [1.29, 1.82) is 0 Å². The molecule has 0 bridgehead atoms. The molecule has 3 aromatic rings. The van der Waals surface area contributed by atoms with Crippen LogP contribution in [0.4, 0.5) is 0 Å². The normalized spacial score (nSPS) is 16.1. The van der Waals surface area contributed by atoms with Crippen molar-refractivity contribution in [2.45, 2.75) is 32.2 Å². The average molecular weight is 396 g/mol. The summed E-state index contributed by atoms with van der Waals surface area (Å²) in [6.07, 6.45) is 3.68. The maximum Gasteiger partial charge on any atom is 0.210 e. The molecule has 1 amide bonds. The van der Waals surface area contributed by atoms with E-state index in [0.717, 1.165) is 43.7 Å². The summed E-state index contributed by atoms with van der Waals surface area (Å²) >= 11 is 1.84. The summed E-state index contributed by atoms with van der Waals surface area (Å²) in [5.41, 5.74) is 2.43. The molecule has 4 nitrogen and oxygen atoms in total. The van der Waals surface area contributed by atoms with Crippen molar-refractivity contribution in [2.75, 3.05) is 20.3 Å². The highest BCUT2D eigenvalue weighted by Gasteiger charge is 2.28. The van der Waals surface area contributed by atoms with Crippen LogP contribution in [0.3, 0.4) is 0 Å². The lowest BCUT2D eigenvalue weighted by Crippen LogP contribution is -2.34. The Bertz CT molecular complexity index is 948. The molecular formula is C23H25NO3S. The molecule has 0 radical (unpaired) electrons. The van der Waals surface area contributed by atoms with Crippen molar-refractivity contribution in [2.24, 2.45) is 0 Å². The Morgan fingerprint density at radius 1 is 1.21 bits per heavy atom. The third kappa shape index (κ3) is 3.59. The molecule has 4 rings (SSSR count). The molecule has 0 unspecified atom stereocenters. The van der Waals surface area contributed by atoms with Crippen molar-refractivity contribution in [3.05, 3.63) is 58.5 Å². The number of aryl methyl sites for hydroxylation is 1. The molecule has 5 heteroatoms. The van der Waals surface area contributed by atoms with Crippen molar-refractivity contribution in [1.82, 2.24) is 4.90 Å². The van der Waals surface area contributed by atoms with Gasteiger partial charge in [-0.2, -0.15) is 0 Å². The SMILES string of the molecule is CCOc1cc2c(cc1OC)CCN(C=O)[C@@H]2CCc1cc2ccccc2s1. The van der Waals surface area contributed by atoms with Crippen molar-refractivity contribution in [3.8, 4) is 11.5 Å². The first-order valence-corrected chi connectivity index (χ1v) is 10.6. The van der Waals surface area contributed by atoms with Gasteiger partial charge in [-0.1, -0.05) is 18.2 Å². The van der Waals surface area contributed by atoms with Gasteiger partial charge in [-0.05, 0) is 67.0 Å². The fourth-order valence-corrected chi connectivity index (χ4v) is 5.12. The number of rotatable bonds is 7. The van der Waals surface area contributed by atoms with Gasteiger partial charge in [-0.15, -0.1) is 11.3 Å². The van der Waals surface area contributed by atoms with Crippen molar-refractivity contribution >= 4 is 27.8 Å². The molecule has 0 N–H and O–H groups in total. The largest absolute Gasteiger partial charge is 0.493 e. The standard InChI is InChI=1S/C23H25NO3S/c1-3-27-22-14-19-16(13-21(22)26-2)10-11-24(15-25)20(19)9-8-18-12-17-6-4-5-7-23(17)28-18/h4-7,12-15,20H,3,8-11H2,1-2H3/t20-/m1/s1. The number of benzene rings is 2. The summed E-state index contributed by atoms with van der Waals surface area (Å²) in [6, 6.07) is 15.0. The highest BCUT2D eigenvalue weighted by atomic mass is 32.1. The van der Waals surface area contributed by atoms with Crippen LogP contribution in [0.15, 0.2) is 42.5 Å². The third-order valence-electron chi connectivity index (χ3n) is 5.40. The molecule has 0 spiro atoms. The van der Waals surface area contributed by atoms with Crippen LogP contribution in [-0.4, -0.2) is 31.6 Å². The summed E-state index contributed by atoms with van der Waals surface area (Å²) in [5.74, 6) is 1.52. The second-order valence-electron chi connectivity index (χ2n) is 7.03. The van der Waals surface area contributed by atoms with E-state index < -0.39 is 0 Å². The van der Waals surface area contributed by atoms with Gasteiger partial charge in [0.05, 0.1) is 19.8 Å². The molecule has 146 valence electrons. The summed E-state index contributed by atoms with van der Waals surface area (Å²) in [7, 11) is 1.67. The molecular weight excluding hydrogens is 370 g/mol. The van der Waals surface area contributed by atoms with E-state index in [0.29, 0.717) is 6.61 Å². The predicted molar refractivity (Wildman–Crippen MR) is 114 cm³/mol. The number of carbonyl (C=O) groups is 1. The maximum absolute atomic E-state index is 11.7. The predicted octanol–water partition coefficient (Wildman–Crippen LogP) is 5.00. The summed E-state index contributed by atoms with van der Waals surface area (Å²) < 4.78 is 12.6. The first kappa shape index (κ1) is 18.8. The van der Waals surface area contributed by atoms with Crippen LogP contribution in [0.5, 0.6) is 11.5 Å². The first-order valence-electron chi connectivity index (χ1n) is 9.75. The number of fused-ring (bicyclic) bond motifs is 2. The van der Waals surface area contributed by atoms with Gasteiger partial charge >= 0.3 is 0 Å². The topological polar surface area (TPSA) is 38.8 Å². The average Bonchev–Trinajstić information content (AvgIpc) is 3.14. The zero-order valence-electron chi connectivity index (χ0n) is 16.3. The summed E-state index contributed by atoms with van der Waals surface area (Å²) in [5, 5.41) is 1.29. The third-order valence-corrected chi connectivity index (χ3v) is 6.58. The quantitative estimate of drug-likeness (QED) is 0.529. The zero-order chi connectivity index (χ0) is 19.5. The molecule has 2 aromatic carbocycles. The highest BCUT2D eigenvalue weighted by molar-refractivity contribution is 7.19. The van der Waals surface area contributed by atoms with Crippen molar-refractivity contribution in [3.63, 3.8) is 0 Å². The van der Waals surface area contributed by atoms with E-state index in [2.05, 4.69) is 42.5 Å². The van der Waals surface area contributed by atoms with Crippen LogP contribution in [0.1, 0.15) is 35.4 Å². The van der Waals surface area contributed by atoms with Crippen LogP contribution in [0.2, 0.25) is 0 Å². The van der Waals surface area contributed by atoms with E-state index in [4.69, 9.17) is 9.47 Å². The van der Waals surface area contributed by atoms with E-state index in [1.165, 1.54) is 26.1 Å². The molecule has 0 aliphatic carbocycles. The van der Waals surface area contributed by atoms with Gasteiger partial charge in [0.15, 0.2) is 11.5 Å². The van der Waals surface area contributed by atoms with E-state index in [9.17, 15) is 4.79 Å². The molecule has 2 heterocycles. The lowest BCUT2D eigenvalue weighted by Gasteiger charge is -2.35. The molecule has 1 aromatic heterocycles. The lowest BCUT2D eigenvalue weighted by molar-refractivity contribution is -0.120. The number of amides is 1. The Hall–Kier alpha value is -2.53. The Morgan fingerprint density at radius 2 is 2.07 bits per heavy atom. The number of nitrogens with zero attached hydrogens (tertiary/aromatic N) is 1. The van der Waals surface area contributed by atoms with Crippen LogP contribution in [-0.2, 0) is 17.6 Å². The van der Waals surface area contributed by atoms with Gasteiger partial charge < -0.3 is 14.4 Å². The van der Waals surface area contributed by atoms with Crippen LogP contribution in [0, 0.1) is 0 Å². The van der Waals surface area contributed by atoms with E-state index >= 15 is 0 Å². The smallest absolute Gasteiger partial charge is 0.210 e. The Balaban J connectivity index is 1.63. The molecule has 28 heavy (non-hydrogen) atoms. The first-order chi connectivity index (χ1) is 13.7. The van der Waals surface area contributed by atoms with Crippen LogP contribution in [0.25, 0.3) is 10.1 Å². The van der Waals surface area contributed by atoms with Gasteiger partial charge in [0.25, 0.3) is 0 Å². The number of hydrogen-bond acceptors (Lipinski definition) is 4. The summed E-state index contributed by atoms with van der Waals surface area (Å²) in [6.45, 7) is 3.29. The monoisotopic (exact) mass is 395 g/mol. The van der Waals surface area contributed by atoms with Crippen molar-refractivity contribution < 1.29 is 14.3 Å². The minimum absolute atomic E-state index is 0.0663. The van der Waals surface area contributed by atoms with Gasteiger partial charge in [-0.3, -0.25) is 4.79 Å². The number of ether oxygens (including phenoxy) is 2. The Labute approximate surface area is 169 Å². The van der Waals surface area contributed by atoms with E-state index in [1.807, 2.05) is 23.2 Å². The number of hydrogen-bond donors (Lipinski definition) is 0. The highest BCUT2D eigenvalue weighted by Crippen LogP contribution is 2.40. The number of thiophene rings is 1. The number of methoxy groups -OCH3 is 1. The van der Waals surface area contributed by atoms with Crippen LogP contribution >= 0.6 is 11.3 Å². The molecule has 0 saturated heterocycles. The Kier molecular flexibility index (Phi) is 5.53. The molecule has 0 fully saturated rings. The maximum atomic E-state index is 11.7.